The molecule has 2 fully saturated rings. The normalized spacial score (nSPS) is 30.8. The number of carboxylic acids is 1. The SMILES string of the molecule is O=C(O)C1CS(=O)(=O)CCN1C(=O)CC1CCC(C(F)(F)F)CC1. The molecule has 0 bridgehead atoms. The molecule has 24 heavy (non-hydrogen) atoms. The molecule has 0 aromatic rings. The van der Waals surface area contributed by atoms with Crippen LogP contribution in [0.4, 0.5) is 13.2 Å². The number of alkyl halides is 3. The van der Waals surface area contributed by atoms with Crippen LogP contribution < -0.4 is 0 Å². The lowest BCUT2D eigenvalue weighted by molar-refractivity contribution is -0.184. The molecule has 2 rings (SSSR count). The molecular weight excluding hydrogens is 351 g/mol. The highest BCUT2D eigenvalue weighted by molar-refractivity contribution is 7.91. The quantitative estimate of drug-likeness (QED) is 0.811. The van der Waals surface area contributed by atoms with Gasteiger partial charge in [0, 0.05) is 13.0 Å². The average Bonchev–Trinajstić information content (AvgIpc) is 2.45. The summed E-state index contributed by atoms with van der Waals surface area (Å²) in [5.41, 5.74) is 0. The standard InChI is InChI=1S/C14H20F3NO5S/c15-14(16,17)10-3-1-9(2-4-10)7-12(19)18-5-6-24(22,23)8-11(18)13(20)21/h9-11H,1-8H2,(H,20,21). The summed E-state index contributed by atoms with van der Waals surface area (Å²) in [6.45, 7) is -0.184. The second kappa shape index (κ2) is 6.89. The number of rotatable bonds is 3. The molecule has 0 spiro atoms. The smallest absolute Gasteiger partial charge is 0.391 e. The number of halogens is 3. The second-order valence-corrected chi connectivity index (χ2v) is 8.75. The first kappa shape index (κ1) is 19.0. The summed E-state index contributed by atoms with van der Waals surface area (Å²) in [5.74, 6) is -4.34. The number of carboxylic acid groups (broad SMARTS) is 1. The van der Waals surface area contributed by atoms with Crippen LogP contribution in [0.1, 0.15) is 32.1 Å². The molecule has 0 radical (unpaired) electrons. The summed E-state index contributed by atoms with van der Waals surface area (Å²) in [5, 5.41) is 9.14. The van der Waals surface area contributed by atoms with Gasteiger partial charge in [0.15, 0.2) is 9.84 Å². The first-order valence-electron chi connectivity index (χ1n) is 7.79. The van der Waals surface area contributed by atoms with E-state index in [0.717, 1.165) is 4.90 Å². The van der Waals surface area contributed by atoms with E-state index in [1.807, 2.05) is 0 Å². The van der Waals surface area contributed by atoms with Gasteiger partial charge in [-0.2, -0.15) is 13.2 Å². The fourth-order valence-corrected chi connectivity index (χ4v) is 4.81. The Kier molecular flexibility index (Phi) is 5.46. The Hall–Kier alpha value is -1.32. The summed E-state index contributed by atoms with van der Waals surface area (Å²) < 4.78 is 61.0. The second-order valence-electron chi connectivity index (χ2n) is 6.52. The lowest BCUT2D eigenvalue weighted by Crippen LogP contribution is -2.55. The van der Waals surface area contributed by atoms with Crippen LogP contribution in [0.2, 0.25) is 0 Å². The van der Waals surface area contributed by atoms with Gasteiger partial charge >= 0.3 is 12.1 Å². The van der Waals surface area contributed by atoms with Gasteiger partial charge in [-0.25, -0.2) is 13.2 Å². The average molecular weight is 371 g/mol. The Bertz CT molecular complexity index is 596. The number of nitrogens with zero attached hydrogens (tertiary/aromatic N) is 1. The molecule has 1 heterocycles. The number of carbonyl (C=O) groups is 2. The van der Waals surface area contributed by atoms with Crippen LogP contribution >= 0.6 is 0 Å². The minimum Gasteiger partial charge on any atom is -0.480 e. The number of carbonyl (C=O) groups excluding carboxylic acids is 1. The van der Waals surface area contributed by atoms with Crippen molar-refractivity contribution in [2.75, 3.05) is 18.1 Å². The molecule has 1 aliphatic heterocycles. The first-order valence-corrected chi connectivity index (χ1v) is 9.61. The maximum Gasteiger partial charge on any atom is 0.391 e. The molecule has 1 aliphatic carbocycles. The lowest BCUT2D eigenvalue weighted by Gasteiger charge is -2.35. The molecule has 6 nitrogen and oxygen atoms in total. The Balaban J connectivity index is 1.94. The zero-order valence-corrected chi connectivity index (χ0v) is 13.8. The summed E-state index contributed by atoms with van der Waals surface area (Å²) in [6, 6.07) is -1.41. The van der Waals surface area contributed by atoms with Gasteiger partial charge in [0.2, 0.25) is 5.91 Å². The van der Waals surface area contributed by atoms with E-state index in [1.165, 1.54) is 0 Å². The number of aliphatic carboxylic acids is 1. The van der Waals surface area contributed by atoms with Crippen LogP contribution in [0.15, 0.2) is 0 Å². The van der Waals surface area contributed by atoms with Crippen LogP contribution in [0, 0.1) is 11.8 Å². The minimum absolute atomic E-state index is 0.0296. The van der Waals surface area contributed by atoms with Gasteiger partial charge in [-0.05, 0) is 31.6 Å². The van der Waals surface area contributed by atoms with Gasteiger partial charge in [0.05, 0.1) is 17.4 Å². The molecule has 1 saturated heterocycles. The summed E-state index contributed by atoms with van der Waals surface area (Å²) in [7, 11) is -3.50. The maximum absolute atomic E-state index is 12.6. The van der Waals surface area contributed by atoms with Crippen molar-refractivity contribution in [2.24, 2.45) is 11.8 Å². The maximum atomic E-state index is 12.6. The van der Waals surface area contributed by atoms with E-state index in [1.54, 1.807) is 0 Å². The van der Waals surface area contributed by atoms with Crippen LogP contribution in [-0.2, 0) is 19.4 Å². The molecule has 138 valence electrons. The Morgan fingerprint density at radius 3 is 2.21 bits per heavy atom. The van der Waals surface area contributed by atoms with Gasteiger partial charge in [0.1, 0.15) is 6.04 Å². The number of amides is 1. The summed E-state index contributed by atoms with van der Waals surface area (Å²) in [6.07, 6.45) is -3.78. The van der Waals surface area contributed by atoms with Gasteiger partial charge in [-0.1, -0.05) is 0 Å². The fourth-order valence-electron chi connectivity index (χ4n) is 3.37. The molecule has 1 N–H and O–H groups in total. The minimum atomic E-state index is -4.22. The molecule has 0 aromatic heterocycles. The van der Waals surface area contributed by atoms with E-state index in [4.69, 9.17) is 5.11 Å². The predicted octanol–water partition coefficient (Wildman–Crippen LogP) is 1.46. The summed E-state index contributed by atoms with van der Waals surface area (Å²) >= 11 is 0. The third kappa shape index (κ3) is 4.61. The van der Waals surface area contributed by atoms with Crippen molar-refractivity contribution in [2.45, 2.75) is 44.3 Å². The zero-order chi connectivity index (χ0) is 18.1. The highest BCUT2D eigenvalue weighted by Crippen LogP contribution is 2.40. The van der Waals surface area contributed by atoms with Gasteiger partial charge in [0.25, 0.3) is 0 Å². The van der Waals surface area contributed by atoms with Crippen molar-refractivity contribution in [3.63, 3.8) is 0 Å². The van der Waals surface area contributed by atoms with Crippen molar-refractivity contribution in [3.8, 4) is 0 Å². The molecule has 1 amide bonds. The molecule has 2 aliphatic rings. The van der Waals surface area contributed by atoms with E-state index in [2.05, 4.69) is 0 Å². The van der Waals surface area contributed by atoms with Gasteiger partial charge < -0.3 is 10.0 Å². The van der Waals surface area contributed by atoms with Crippen LogP contribution in [0.5, 0.6) is 0 Å². The van der Waals surface area contributed by atoms with Crippen molar-refractivity contribution in [3.05, 3.63) is 0 Å². The van der Waals surface area contributed by atoms with Gasteiger partial charge in [-0.15, -0.1) is 0 Å². The van der Waals surface area contributed by atoms with E-state index in [0.29, 0.717) is 0 Å². The Morgan fingerprint density at radius 1 is 1.12 bits per heavy atom. The van der Waals surface area contributed by atoms with Crippen LogP contribution in [-0.4, -0.2) is 60.6 Å². The van der Waals surface area contributed by atoms with Crippen molar-refractivity contribution in [1.82, 2.24) is 4.90 Å². The van der Waals surface area contributed by atoms with Crippen LogP contribution in [0.3, 0.4) is 0 Å². The molecule has 10 heteroatoms. The van der Waals surface area contributed by atoms with Gasteiger partial charge in [-0.3, -0.25) is 4.79 Å². The monoisotopic (exact) mass is 371 g/mol. The van der Waals surface area contributed by atoms with Crippen molar-refractivity contribution in [1.29, 1.82) is 0 Å². The highest BCUT2D eigenvalue weighted by atomic mass is 32.2. The fraction of sp³-hybridized carbons (Fsp3) is 0.857. The van der Waals surface area contributed by atoms with Crippen LogP contribution in [0.25, 0.3) is 0 Å². The molecular formula is C14H20F3NO5S. The van der Waals surface area contributed by atoms with E-state index < -0.39 is 45.6 Å². The van der Waals surface area contributed by atoms with E-state index in [-0.39, 0.29) is 50.3 Å². The molecule has 1 atom stereocenters. The third-order valence-corrected chi connectivity index (χ3v) is 6.44. The number of sulfone groups is 1. The zero-order valence-electron chi connectivity index (χ0n) is 13.0. The lowest BCUT2D eigenvalue weighted by atomic mass is 9.80. The van der Waals surface area contributed by atoms with E-state index >= 15 is 0 Å². The molecule has 1 saturated carbocycles. The predicted molar refractivity (Wildman–Crippen MR) is 77.9 cm³/mol. The summed E-state index contributed by atoms with van der Waals surface area (Å²) in [4.78, 5) is 24.6. The van der Waals surface area contributed by atoms with E-state index in [9.17, 15) is 31.2 Å². The third-order valence-electron chi connectivity index (χ3n) is 4.81. The van der Waals surface area contributed by atoms with Crippen molar-refractivity contribution >= 4 is 21.7 Å². The van der Waals surface area contributed by atoms with Crippen molar-refractivity contribution < 1.29 is 36.3 Å². The Labute approximate surface area is 137 Å². The molecule has 1 unspecified atom stereocenters. The number of hydrogen-bond acceptors (Lipinski definition) is 4. The topological polar surface area (TPSA) is 91.8 Å². The Morgan fingerprint density at radius 2 is 1.71 bits per heavy atom. The molecule has 0 aromatic carbocycles. The highest BCUT2D eigenvalue weighted by Gasteiger charge is 2.43. The first-order chi connectivity index (χ1) is 11.0. The number of hydrogen-bond donors (Lipinski definition) is 1. The largest absolute Gasteiger partial charge is 0.480 e.